The SMILES string of the molecule is ClN1CCN(c2ccccn2)CC1. The quantitative estimate of drug-likeness (QED) is 0.634. The average Bonchev–Trinajstić information content (AvgIpc) is 2.20. The molecule has 2 heterocycles. The largest absolute Gasteiger partial charge is 0.354 e. The summed E-state index contributed by atoms with van der Waals surface area (Å²) in [6.45, 7) is 3.72. The van der Waals surface area contributed by atoms with Crippen LogP contribution in [0.2, 0.25) is 0 Å². The van der Waals surface area contributed by atoms with Gasteiger partial charge in [0.25, 0.3) is 0 Å². The molecular weight excluding hydrogens is 186 g/mol. The zero-order chi connectivity index (χ0) is 9.10. The molecule has 1 saturated heterocycles. The highest BCUT2D eigenvalue weighted by atomic mass is 35.5. The number of nitrogens with zero attached hydrogens (tertiary/aromatic N) is 3. The molecule has 0 N–H and O–H groups in total. The van der Waals surface area contributed by atoms with E-state index in [9.17, 15) is 0 Å². The minimum atomic E-state index is 0.901. The van der Waals surface area contributed by atoms with E-state index >= 15 is 0 Å². The van der Waals surface area contributed by atoms with Crippen LogP contribution < -0.4 is 4.90 Å². The first-order valence-electron chi connectivity index (χ1n) is 4.43. The van der Waals surface area contributed by atoms with Crippen molar-refractivity contribution >= 4 is 17.6 Å². The predicted octanol–water partition coefficient (Wildman–Crippen LogP) is 1.36. The highest BCUT2D eigenvalue weighted by Gasteiger charge is 2.15. The lowest BCUT2D eigenvalue weighted by molar-refractivity contribution is 0.415. The Morgan fingerprint density at radius 3 is 2.54 bits per heavy atom. The van der Waals surface area contributed by atoms with E-state index in [0.29, 0.717) is 0 Å². The maximum Gasteiger partial charge on any atom is 0.128 e. The van der Waals surface area contributed by atoms with Crippen molar-refractivity contribution in [3.8, 4) is 0 Å². The van der Waals surface area contributed by atoms with Gasteiger partial charge in [0.1, 0.15) is 5.82 Å². The summed E-state index contributed by atoms with van der Waals surface area (Å²) in [5, 5.41) is 0. The molecule has 0 saturated carbocycles. The molecular formula is C9H12ClN3. The molecule has 0 atom stereocenters. The van der Waals surface area contributed by atoms with Crippen LogP contribution in [0.3, 0.4) is 0 Å². The van der Waals surface area contributed by atoms with Crippen molar-refractivity contribution in [3.05, 3.63) is 24.4 Å². The molecule has 0 aliphatic carbocycles. The highest BCUT2D eigenvalue weighted by Crippen LogP contribution is 2.12. The van der Waals surface area contributed by atoms with E-state index in [0.717, 1.165) is 32.0 Å². The van der Waals surface area contributed by atoms with Gasteiger partial charge in [0.15, 0.2) is 0 Å². The van der Waals surface area contributed by atoms with Crippen LogP contribution in [0.5, 0.6) is 0 Å². The zero-order valence-electron chi connectivity index (χ0n) is 7.36. The fraction of sp³-hybridized carbons (Fsp3) is 0.444. The number of hydrogen-bond donors (Lipinski definition) is 0. The number of aromatic nitrogens is 1. The van der Waals surface area contributed by atoms with Crippen LogP contribution in [0, 0.1) is 0 Å². The van der Waals surface area contributed by atoms with Crippen LogP contribution in [0.15, 0.2) is 24.4 Å². The second-order valence-electron chi connectivity index (χ2n) is 3.08. The summed E-state index contributed by atoms with van der Waals surface area (Å²) in [6, 6.07) is 5.97. The molecule has 0 unspecified atom stereocenters. The number of pyridine rings is 1. The van der Waals surface area contributed by atoms with Crippen molar-refractivity contribution < 1.29 is 0 Å². The van der Waals surface area contributed by atoms with Gasteiger partial charge in [-0.2, -0.15) is 0 Å². The smallest absolute Gasteiger partial charge is 0.128 e. The molecule has 2 rings (SSSR count). The molecule has 0 aromatic carbocycles. The number of anilines is 1. The first-order chi connectivity index (χ1) is 6.36. The van der Waals surface area contributed by atoms with E-state index in [2.05, 4.69) is 9.88 Å². The Bertz CT molecular complexity index is 257. The molecule has 1 fully saturated rings. The van der Waals surface area contributed by atoms with Gasteiger partial charge in [-0.05, 0) is 23.9 Å². The number of halogens is 1. The van der Waals surface area contributed by atoms with Crippen LogP contribution in [0.1, 0.15) is 0 Å². The third kappa shape index (κ3) is 2.11. The van der Waals surface area contributed by atoms with Gasteiger partial charge in [-0.1, -0.05) is 6.07 Å². The van der Waals surface area contributed by atoms with Crippen LogP contribution in [-0.4, -0.2) is 35.6 Å². The molecule has 1 aliphatic heterocycles. The van der Waals surface area contributed by atoms with Crippen molar-refractivity contribution in [3.63, 3.8) is 0 Å². The fourth-order valence-electron chi connectivity index (χ4n) is 1.45. The monoisotopic (exact) mass is 197 g/mol. The number of piperazine rings is 1. The molecule has 1 aromatic heterocycles. The van der Waals surface area contributed by atoms with E-state index in [4.69, 9.17) is 11.8 Å². The molecule has 13 heavy (non-hydrogen) atoms. The third-order valence-corrected chi connectivity index (χ3v) is 2.54. The molecule has 0 spiro atoms. The molecule has 1 aromatic rings. The predicted molar refractivity (Wildman–Crippen MR) is 53.9 cm³/mol. The van der Waals surface area contributed by atoms with Crippen LogP contribution in [0.25, 0.3) is 0 Å². The second-order valence-corrected chi connectivity index (χ2v) is 3.56. The van der Waals surface area contributed by atoms with Crippen LogP contribution in [-0.2, 0) is 0 Å². The van der Waals surface area contributed by atoms with Crippen molar-refractivity contribution in [1.29, 1.82) is 0 Å². The van der Waals surface area contributed by atoms with Gasteiger partial charge in [-0.15, -0.1) is 0 Å². The van der Waals surface area contributed by atoms with Gasteiger partial charge in [-0.25, -0.2) is 9.40 Å². The maximum atomic E-state index is 5.86. The van der Waals surface area contributed by atoms with E-state index in [1.54, 1.807) is 0 Å². The summed E-state index contributed by atoms with van der Waals surface area (Å²) in [5.74, 6) is 1.05. The Hall–Kier alpha value is -0.800. The van der Waals surface area contributed by atoms with Crippen molar-refractivity contribution in [2.24, 2.45) is 0 Å². The summed E-state index contributed by atoms with van der Waals surface area (Å²) in [4.78, 5) is 6.54. The summed E-state index contributed by atoms with van der Waals surface area (Å²) in [6.07, 6.45) is 1.82. The standard InChI is InChI=1S/C9H12ClN3/c10-13-7-5-12(6-8-13)9-3-1-2-4-11-9/h1-4H,5-8H2. The van der Waals surface area contributed by atoms with E-state index in [1.165, 1.54) is 0 Å². The Morgan fingerprint density at radius 1 is 1.15 bits per heavy atom. The molecule has 0 amide bonds. The molecule has 0 bridgehead atoms. The maximum absolute atomic E-state index is 5.86. The Balaban J connectivity index is 2.03. The first kappa shape index (κ1) is 8.78. The molecule has 70 valence electrons. The van der Waals surface area contributed by atoms with Crippen molar-refractivity contribution in [2.75, 3.05) is 31.1 Å². The van der Waals surface area contributed by atoms with Crippen molar-refractivity contribution in [2.45, 2.75) is 0 Å². The fourth-order valence-corrected chi connectivity index (χ4v) is 1.60. The van der Waals surface area contributed by atoms with E-state index in [1.807, 2.05) is 28.8 Å². The lowest BCUT2D eigenvalue weighted by atomic mass is 10.3. The first-order valence-corrected chi connectivity index (χ1v) is 4.77. The third-order valence-electron chi connectivity index (χ3n) is 2.20. The normalized spacial score (nSPS) is 19.0. The van der Waals surface area contributed by atoms with Gasteiger partial charge >= 0.3 is 0 Å². The minimum absolute atomic E-state index is 0.901. The highest BCUT2D eigenvalue weighted by molar-refractivity contribution is 6.13. The molecule has 3 nitrogen and oxygen atoms in total. The van der Waals surface area contributed by atoms with Gasteiger partial charge in [0, 0.05) is 32.4 Å². The number of hydrogen-bond acceptors (Lipinski definition) is 3. The molecule has 0 radical (unpaired) electrons. The summed E-state index contributed by atoms with van der Waals surface area (Å²) in [5.41, 5.74) is 0. The Kier molecular flexibility index (Phi) is 2.66. The summed E-state index contributed by atoms with van der Waals surface area (Å²) in [7, 11) is 0. The van der Waals surface area contributed by atoms with Gasteiger partial charge < -0.3 is 4.90 Å². The van der Waals surface area contributed by atoms with Gasteiger partial charge in [0.2, 0.25) is 0 Å². The molecule has 4 heteroatoms. The zero-order valence-corrected chi connectivity index (χ0v) is 8.11. The van der Waals surface area contributed by atoms with E-state index in [-0.39, 0.29) is 0 Å². The number of rotatable bonds is 1. The van der Waals surface area contributed by atoms with Crippen LogP contribution in [0.4, 0.5) is 5.82 Å². The van der Waals surface area contributed by atoms with Gasteiger partial charge in [0.05, 0.1) is 0 Å². The lowest BCUT2D eigenvalue weighted by Crippen LogP contribution is -2.42. The van der Waals surface area contributed by atoms with Gasteiger partial charge in [-0.3, -0.25) is 0 Å². The topological polar surface area (TPSA) is 19.4 Å². The second kappa shape index (κ2) is 3.94. The molecule has 1 aliphatic rings. The average molecular weight is 198 g/mol. The Labute approximate surface area is 83.0 Å². The summed E-state index contributed by atoms with van der Waals surface area (Å²) >= 11 is 5.86. The Morgan fingerprint density at radius 2 is 1.92 bits per heavy atom. The minimum Gasteiger partial charge on any atom is -0.354 e. The lowest BCUT2D eigenvalue weighted by Gasteiger charge is -2.31. The van der Waals surface area contributed by atoms with E-state index < -0.39 is 0 Å². The summed E-state index contributed by atoms with van der Waals surface area (Å²) < 4.78 is 1.82. The van der Waals surface area contributed by atoms with Crippen molar-refractivity contribution in [1.82, 2.24) is 9.40 Å². The van der Waals surface area contributed by atoms with Crippen LogP contribution >= 0.6 is 11.8 Å².